The zero-order valence-electron chi connectivity index (χ0n) is 8.85. The van der Waals surface area contributed by atoms with E-state index in [-0.39, 0.29) is 11.5 Å². The molecule has 0 atom stereocenters. The molecule has 1 aromatic carbocycles. The van der Waals surface area contributed by atoms with Crippen LogP contribution in [0.2, 0.25) is 0 Å². The Hall–Kier alpha value is -1.47. The van der Waals surface area contributed by atoms with Crippen molar-refractivity contribution < 1.29 is 19.4 Å². The first-order valence-electron chi connectivity index (χ1n) is 4.69. The number of hydrogen-bond donors (Lipinski definition) is 2. The molecular formula is C9H11BFNO4. The highest BCUT2D eigenvalue weighted by Gasteiger charge is 2.30. The lowest BCUT2D eigenvalue weighted by molar-refractivity contribution is -0.386. The highest BCUT2D eigenvalue weighted by atomic mass is 19.1. The van der Waals surface area contributed by atoms with Crippen LogP contribution >= 0.6 is 0 Å². The Morgan fingerprint density at radius 2 is 2.00 bits per heavy atom. The maximum Gasteiger partial charge on any atom is 0.495 e. The minimum absolute atomic E-state index is 0.177. The summed E-state index contributed by atoms with van der Waals surface area (Å²) in [5.41, 5.74) is -1.13. The lowest BCUT2D eigenvalue weighted by Crippen LogP contribution is -2.33. The summed E-state index contributed by atoms with van der Waals surface area (Å²) < 4.78 is 13.7. The van der Waals surface area contributed by atoms with E-state index in [2.05, 4.69) is 0 Å². The quantitative estimate of drug-likeness (QED) is 0.448. The molecule has 1 aromatic rings. The largest absolute Gasteiger partial charge is 0.495 e. The second kappa shape index (κ2) is 4.59. The Bertz CT molecular complexity index is 422. The predicted molar refractivity (Wildman–Crippen MR) is 57.0 cm³/mol. The standard InChI is InChI=1S/C9H11BFNO4/c1-5(2)6-3-4-7(10(13)14)9(8(6)11)12(15)16/h3-5,13-14H,1-2H3. The first-order chi connectivity index (χ1) is 7.36. The van der Waals surface area contributed by atoms with Crippen LogP contribution in [0.25, 0.3) is 0 Å². The normalized spacial score (nSPS) is 10.6. The van der Waals surface area contributed by atoms with Crippen molar-refractivity contribution >= 4 is 18.3 Å². The molecule has 0 aromatic heterocycles. The minimum atomic E-state index is -2.06. The van der Waals surface area contributed by atoms with E-state index >= 15 is 0 Å². The molecule has 0 spiro atoms. The Labute approximate surface area is 91.8 Å². The van der Waals surface area contributed by atoms with Crippen molar-refractivity contribution in [3.63, 3.8) is 0 Å². The molecule has 0 unspecified atom stereocenters. The van der Waals surface area contributed by atoms with Gasteiger partial charge in [0.05, 0.1) is 10.4 Å². The van der Waals surface area contributed by atoms with Gasteiger partial charge in [-0.1, -0.05) is 26.0 Å². The van der Waals surface area contributed by atoms with E-state index in [9.17, 15) is 14.5 Å². The second-order valence-corrected chi connectivity index (χ2v) is 3.69. The molecule has 2 N–H and O–H groups in total. The Balaban J connectivity index is 3.48. The molecule has 1 rings (SSSR count). The van der Waals surface area contributed by atoms with Crippen molar-refractivity contribution in [1.29, 1.82) is 0 Å². The summed E-state index contributed by atoms with van der Waals surface area (Å²) in [6.07, 6.45) is 0. The Morgan fingerprint density at radius 3 is 2.38 bits per heavy atom. The van der Waals surface area contributed by atoms with E-state index in [1.165, 1.54) is 6.07 Å². The Morgan fingerprint density at radius 1 is 1.44 bits per heavy atom. The van der Waals surface area contributed by atoms with Gasteiger partial charge in [0.2, 0.25) is 5.82 Å². The lowest BCUT2D eigenvalue weighted by Gasteiger charge is -2.09. The summed E-state index contributed by atoms with van der Waals surface area (Å²) in [5, 5.41) is 28.4. The van der Waals surface area contributed by atoms with Crippen molar-refractivity contribution in [2.75, 3.05) is 0 Å². The fourth-order valence-corrected chi connectivity index (χ4v) is 1.43. The molecule has 0 fully saturated rings. The number of nitrogens with zero attached hydrogens (tertiary/aromatic N) is 1. The van der Waals surface area contributed by atoms with E-state index in [1.807, 2.05) is 0 Å². The van der Waals surface area contributed by atoms with Gasteiger partial charge in [-0.25, -0.2) is 0 Å². The Kier molecular flexibility index (Phi) is 3.61. The lowest BCUT2D eigenvalue weighted by atomic mass is 9.77. The van der Waals surface area contributed by atoms with Gasteiger partial charge in [0, 0.05) is 0 Å². The summed E-state index contributed by atoms with van der Waals surface area (Å²) >= 11 is 0. The highest BCUT2D eigenvalue weighted by Crippen LogP contribution is 2.24. The molecular weight excluding hydrogens is 216 g/mol. The molecule has 0 bridgehead atoms. The van der Waals surface area contributed by atoms with E-state index in [0.717, 1.165) is 6.07 Å². The minimum Gasteiger partial charge on any atom is -0.423 e. The molecule has 16 heavy (non-hydrogen) atoms. The maximum atomic E-state index is 13.7. The van der Waals surface area contributed by atoms with Crippen LogP contribution in [0.4, 0.5) is 10.1 Å². The fourth-order valence-electron chi connectivity index (χ4n) is 1.43. The third-order valence-electron chi connectivity index (χ3n) is 2.26. The number of benzene rings is 1. The van der Waals surface area contributed by atoms with Gasteiger partial charge in [0.25, 0.3) is 0 Å². The van der Waals surface area contributed by atoms with Crippen molar-refractivity contribution in [3.8, 4) is 0 Å². The van der Waals surface area contributed by atoms with Crippen molar-refractivity contribution in [2.45, 2.75) is 19.8 Å². The molecule has 0 aliphatic carbocycles. The molecule has 0 amide bonds. The van der Waals surface area contributed by atoms with Gasteiger partial charge in [-0.2, -0.15) is 4.39 Å². The predicted octanol–water partition coefficient (Wildman–Crippen LogP) is 0.537. The van der Waals surface area contributed by atoms with Crippen LogP contribution in [0.1, 0.15) is 25.3 Å². The second-order valence-electron chi connectivity index (χ2n) is 3.69. The van der Waals surface area contributed by atoms with E-state index < -0.39 is 29.0 Å². The number of hydrogen-bond acceptors (Lipinski definition) is 4. The zero-order chi connectivity index (χ0) is 12.5. The summed E-state index contributed by atoms with van der Waals surface area (Å²) in [6, 6.07) is 2.48. The van der Waals surface area contributed by atoms with Crippen LogP contribution in [0.3, 0.4) is 0 Å². The molecule has 5 nitrogen and oxygen atoms in total. The third kappa shape index (κ3) is 2.20. The number of halogens is 1. The van der Waals surface area contributed by atoms with Crippen LogP contribution in [0.5, 0.6) is 0 Å². The van der Waals surface area contributed by atoms with Crippen LogP contribution < -0.4 is 5.46 Å². The molecule has 0 aliphatic heterocycles. The summed E-state index contributed by atoms with van der Waals surface area (Å²) in [4.78, 5) is 9.72. The van der Waals surface area contributed by atoms with Crippen LogP contribution in [0.15, 0.2) is 12.1 Å². The summed E-state index contributed by atoms with van der Waals surface area (Å²) in [6.45, 7) is 3.38. The molecule has 0 saturated carbocycles. The first kappa shape index (κ1) is 12.6. The van der Waals surface area contributed by atoms with Gasteiger partial charge >= 0.3 is 12.8 Å². The van der Waals surface area contributed by atoms with E-state index in [4.69, 9.17) is 10.0 Å². The van der Waals surface area contributed by atoms with Crippen molar-refractivity contribution in [2.24, 2.45) is 0 Å². The summed E-state index contributed by atoms with van der Waals surface area (Å²) in [7, 11) is -2.06. The molecule has 0 radical (unpaired) electrons. The molecule has 0 aliphatic rings. The van der Waals surface area contributed by atoms with Gasteiger partial charge in [0.1, 0.15) is 0 Å². The smallest absolute Gasteiger partial charge is 0.423 e. The van der Waals surface area contributed by atoms with Crippen LogP contribution in [-0.2, 0) is 0 Å². The van der Waals surface area contributed by atoms with Crippen LogP contribution in [0, 0.1) is 15.9 Å². The zero-order valence-corrected chi connectivity index (χ0v) is 8.85. The molecule has 86 valence electrons. The van der Waals surface area contributed by atoms with E-state index in [1.54, 1.807) is 13.8 Å². The first-order valence-corrected chi connectivity index (χ1v) is 4.69. The fraction of sp³-hybridized carbons (Fsp3) is 0.333. The molecule has 0 saturated heterocycles. The van der Waals surface area contributed by atoms with Gasteiger partial charge in [-0.05, 0) is 11.5 Å². The molecule has 0 heterocycles. The van der Waals surface area contributed by atoms with Gasteiger partial charge in [0.15, 0.2) is 0 Å². The van der Waals surface area contributed by atoms with Crippen molar-refractivity contribution in [3.05, 3.63) is 33.6 Å². The van der Waals surface area contributed by atoms with Gasteiger partial charge in [-0.3, -0.25) is 10.1 Å². The topological polar surface area (TPSA) is 83.6 Å². The highest BCUT2D eigenvalue weighted by molar-refractivity contribution is 6.60. The summed E-state index contributed by atoms with van der Waals surface area (Å²) in [5.74, 6) is -1.23. The van der Waals surface area contributed by atoms with Crippen molar-refractivity contribution in [1.82, 2.24) is 0 Å². The average Bonchev–Trinajstić information content (AvgIpc) is 2.15. The molecule has 7 heteroatoms. The SMILES string of the molecule is CC(C)c1ccc(B(O)O)c([N+](=O)[O-])c1F. The number of rotatable bonds is 3. The average molecular weight is 227 g/mol. The number of nitro benzene ring substituents is 1. The third-order valence-corrected chi connectivity index (χ3v) is 2.26. The number of nitro groups is 1. The maximum absolute atomic E-state index is 13.7. The van der Waals surface area contributed by atoms with Gasteiger partial charge in [-0.15, -0.1) is 0 Å². The van der Waals surface area contributed by atoms with Gasteiger partial charge < -0.3 is 10.0 Å². The van der Waals surface area contributed by atoms with E-state index in [0.29, 0.717) is 0 Å². The van der Waals surface area contributed by atoms with Crippen LogP contribution in [-0.4, -0.2) is 22.1 Å². The monoisotopic (exact) mass is 227 g/mol.